The molecule has 1 aliphatic heterocycles. The summed E-state index contributed by atoms with van der Waals surface area (Å²) in [5, 5.41) is 25.1. The molecule has 3 atom stereocenters. The maximum absolute atomic E-state index is 15.1. The molecule has 3 rings (SSSR count). The van der Waals surface area contributed by atoms with Crippen molar-refractivity contribution >= 4 is 23.7 Å². The Morgan fingerprint density at radius 1 is 1.16 bits per heavy atom. The van der Waals surface area contributed by atoms with Gasteiger partial charge in [0.2, 0.25) is 0 Å². The van der Waals surface area contributed by atoms with Gasteiger partial charge in [0.15, 0.2) is 5.82 Å². The van der Waals surface area contributed by atoms with Crippen molar-refractivity contribution in [2.24, 2.45) is 17.6 Å². The van der Waals surface area contributed by atoms with Crippen molar-refractivity contribution in [1.29, 1.82) is 0 Å². The highest BCUT2D eigenvalue weighted by atomic mass is 35.5. The van der Waals surface area contributed by atoms with Gasteiger partial charge in [0.1, 0.15) is 10.8 Å². The number of carbonyl (C=O) groups is 2. The molecule has 1 saturated carbocycles. The molecule has 1 heterocycles. The van der Waals surface area contributed by atoms with Crippen LogP contribution in [0, 0.1) is 23.5 Å². The van der Waals surface area contributed by atoms with Crippen LogP contribution >= 0.6 is 11.6 Å². The van der Waals surface area contributed by atoms with E-state index in [9.17, 15) is 19.1 Å². The minimum absolute atomic E-state index is 0.00144. The molecule has 6 N–H and O–H groups in total. The molecule has 1 saturated heterocycles. The highest BCUT2D eigenvalue weighted by Crippen LogP contribution is 2.42. The molecule has 3 amide bonds. The molecule has 1 aromatic rings. The van der Waals surface area contributed by atoms with Gasteiger partial charge in [-0.25, -0.2) is 18.4 Å². The summed E-state index contributed by atoms with van der Waals surface area (Å²) in [4.78, 5) is 25.4. The number of hydrogen-bond donors (Lipinski definition) is 5. The first-order chi connectivity index (χ1) is 17.6. The zero-order valence-electron chi connectivity index (χ0n) is 21.2. The fourth-order valence-electron chi connectivity index (χ4n) is 5.79. The molecule has 8 nitrogen and oxygen atoms in total. The average Bonchev–Trinajstić information content (AvgIpc) is 2.89. The van der Waals surface area contributed by atoms with E-state index in [4.69, 9.17) is 22.4 Å². The Hall–Kier alpha value is -2.17. The number of carboxylic acid groups (broad SMARTS) is 1. The van der Waals surface area contributed by atoms with E-state index < -0.39 is 34.3 Å². The van der Waals surface area contributed by atoms with E-state index >= 15 is 4.39 Å². The minimum atomic E-state index is -1.78. The lowest BCUT2D eigenvalue weighted by molar-refractivity contribution is -0.0576. The van der Waals surface area contributed by atoms with Gasteiger partial charge in [0, 0.05) is 43.7 Å². The monoisotopic (exact) mass is 544 g/mol. The van der Waals surface area contributed by atoms with Crippen LogP contribution in [0.5, 0.6) is 0 Å². The van der Waals surface area contributed by atoms with Gasteiger partial charge in [-0.3, -0.25) is 0 Å². The summed E-state index contributed by atoms with van der Waals surface area (Å²) in [6.45, 7) is 1.03. The summed E-state index contributed by atoms with van der Waals surface area (Å²) in [6.07, 6.45) is 7.05. The van der Waals surface area contributed by atoms with E-state index in [1.807, 2.05) is 0 Å². The topological polar surface area (TPSA) is 128 Å². The van der Waals surface area contributed by atoms with Crippen LogP contribution in [0.25, 0.3) is 0 Å². The molecule has 1 aromatic carbocycles. The van der Waals surface area contributed by atoms with Crippen molar-refractivity contribution in [2.45, 2.75) is 75.9 Å². The first-order valence-electron chi connectivity index (χ1n) is 13.2. The SMILES string of the molecule is N[C@H](CNC(=O)N1CCC[C@@H]([C@@](O)(CCCNC(=O)O)c2ccc(F)c(Cl)c2F)C1)CC1CCCCC1. The van der Waals surface area contributed by atoms with E-state index in [0.29, 0.717) is 31.8 Å². The van der Waals surface area contributed by atoms with Crippen LogP contribution in [0.1, 0.15) is 69.8 Å². The Balaban J connectivity index is 1.67. The van der Waals surface area contributed by atoms with Crippen molar-refractivity contribution in [3.8, 4) is 0 Å². The summed E-state index contributed by atoms with van der Waals surface area (Å²) in [7, 11) is 0. The number of nitrogens with zero attached hydrogens (tertiary/aromatic N) is 1. The van der Waals surface area contributed by atoms with Gasteiger partial charge in [-0.05, 0) is 44.1 Å². The maximum atomic E-state index is 15.1. The van der Waals surface area contributed by atoms with Crippen LogP contribution in [0.4, 0.5) is 18.4 Å². The number of nitrogens with two attached hydrogens (primary N) is 1. The number of piperidine rings is 1. The summed E-state index contributed by atoms with van der Waals surface area (Å²) in [5.41, 5.74) is 4.35. The Morgan fingerprint density at radius 3 is 2.59 bits per heavy atom. The van der Waals surface area contributed by atoms with E-state index in [0.717, 1.165) is 12.5 Å². The number of urea groups is 1. The molecule has 1 aliphatic carbocycles. The Morgan fingerprint density at radius 2 is 1.89 bits per heavy atom. The lowest BCUT2D eigenvalue weighted by Crippen LogP contribution is -2.52. The lowest BCUT2D eigenvalue weighted by Gasteiger charge is -2.43. The smallest absolute Gasteiger partial charge is 0.404 e. The van der Waals surface area contributed by atoms with Gasteiger partial charge in [0.25, 0.3) is 0 Å². The second-order valence-corrected chi connectivity index (χ2v) is 10.8. The molecule has 2 aliphatic rings. The molecule has 2 fully saturated rings. The molecular weight excluding hydrogens is 506 g/mol. The Kier molecular flexibility index (Phi) is 10.8. The number of halogens is 3. The van der Waals surface area contributed by atoms with Crippen molar-refractivity contribution < 1.29 is 28.6 Å². The van der Waals surface area contributed by atoms with E-state index in [1.165, 1.54) is 38.2 Å². The minimum Gasteiger partial charge on any atom is -0.465 e. The molecule has 0 spiro atoms. The number of rotatable bonds is 10. The first kappa shape index (κ1) is 29.4. The summed E-state index contributed by atoms with van der Waals surface area (Å²) < 4.78 is 28.9. The van der Waals surface area contributed by atoms with Crippen LogP contribution in [-0.4, -0.2) is 59.5 Å². The maximum Gasteiger partial charge on any atom is 0.404 e. The second-order valence-electron chi connectivity index (χ2n) is 10.5. The zero-order chi connectivity index (χ0) is 27.0. The van der Waals surface area contributed by atoms with Crippen LogP contribution in [0.15, 0.2) is 12.1 Å². The number of amides is 3. The van der Waals surface area contributed by atoms with Gasteiger partial charge in [0.05, 0.1) is 5.60 Å². The predicted octanol–water partition coefficient (Wildman–Crippen LogP) is 4.57. The quantitative estimate of drug-likeness (QED) is 0.218. The van der Waals surface area contributed by atoms with E-state index in [1.54, 1.807) is 4.90 Å². The standard InChI is InChI=1S/C26H39ClF2N4O4/c27-22-21(28)10-9-20(23(22)29)26(37,11-5-12-31-25(35)36)18-8-4-13-33(16-18)24(34)32-15-19(30)14-17-6-2-1-3-7-17/h9-10,17-19,31,37H,1-8,11-16,30H2,(H,32,34)(H,35,36)/t18-,19+,26+/m1/s1. The number of hydrogen-bond acceptors (Lipinski definition) is 4. The number of likely N-dealkylation sites (tertiary alicyclic amines) is 1. The van der Waals surface area contributed by atoms with E-state index in [-0.39, 0.29) is 43.6 Å². The Bertz CT molecular complexity index is 934. The van der Waals surface area contributed by atoms with Gasteiger partial charge >= 0.3 is 12.1 Å². The van der Waals surface area contributed by atoms with Gasteiger partial charge in [-0.15, -0.1) is 0 Å². The molecule has 37 heavy (non-hydrogen) atoms. The average molecular weight is 545 g/mol. The molecule has 0 bridgehead atoms. The highest BCUT2D eigenvalue weighted by Gasteiger charge is 2.43. The van der Waals surface area contributed by atoms with Crippen LogP contribution in [0.3, 0.4) is 0 Å². The molecular formula is C26H39ClF2N4O4. The van der Waals surface area contributed by atoms with Crippen LogP contribution in [0.2, 0.25) is 5.02 Å². The van der Waals surface area contributed by atoms with Crippen molar-refractivity contribution in [3.63, 3.8) is 0 Å². The fourth-order valence-corrected chi connectivity index (χ4v) is 5.95. The zero-order valence-corrected chi connectivity index (χ0v) is 21.9. The van der Waals surface area contributed by atoms with Crippen LogP contribution < -0.4 is 16.4 Å². The number of carbonyl (C=O) groups excluding carboxylic acids is 1. The van der Waals surface area contributed by atoms with Gasteiger partial charge in [-0.1, -0.05) is 49.8 Å². The first-order valence-corrected chi connectivity index (χ1v) is 13.6. The number of nitrogens with one attached hydrogen (secondary N) is 2. The number of aliphatic hydroxyl groups is 1. The molecule has 208 valence electrons. The largest absolute Gasteiger partial charge is 0.465 e. The van der Waals surface area contributed by atoms with Crippen LogP contribution in [-0.2, 0) is 5.60 Å². The van der Waals surface area contributed by atoms with E-state index in [2.05, 4.69) is 10.6 Å². The Labute approximate surface area is 221 Å². The molecule has 11 heteroatoms. The van der Waals surface area contributed by atoms with Crippen molar-refractivity contribution in [3.05, 3.63) is 34.4 Å². The van der Waals surface area contributed by atoms with Gasteiger partial charge < -0.3 is 31.5 Å². The summed E-state index contributed by atoms with van der Waals surface area (Å²) in [6, 6.07) is 1.74. The second kappa shape index (κ2) is 13.6. The fraction of sp³-hybridized carbons (Fsp3) is 0.692. The lowest BCUT2D eigenvalue weighted by atomic mass is 9.74. The third kappa shape index (κ3) is 7.91. The normalized spacial score (nSPS) is 21.2. The molecule has 0 radical (unpaired) electrons. The van der Waals surface area contributed by atoms with Gasteiger partial charge in [-0.2, -0.15) is 0 Å². The number of benzene rings is 1. The summed E-state index contributed by atoms with van der Waals surface area (Å²) in [5.74, 6) is -1.95. The van der Waals surface area contributed by atoms with Crippen molar-refractivity contribution in [2.75, 3.05) is 26.2 Å². The van der Waals surface area contributed by atoms with Crippen molar-refractivity contribution in [1.82, 2.24) is 15.5 Å². The molecule has 0 unspecified atom stereocenters. The predicted molar refractivity (Wildman–Crippen MR) is 137 cm³/mol. The third-order valence-electron chi connectivity index (χ3n) is 7.77. The third-order valence-corrected chi connectivity index (χ3v) is 8.12. The highest BCUT2D eigenvalue weighted by molar-refractivity contribution is 6.31. The summed E-state index contributed by atoms with van der Waals surface area (Å²) >= 11 is 5.81. The molecule has 0 aromatic heterocycles.